The molecule has 1 radical (unpaired) electrons. The van der Waals surface area contributed by atoms with Crippen molar-refractivity contribution in [3.05, 3.63) is 120 Å². The van der Waals surface area contributed by atoms with Crippen LogP contribution >= 0.6 is 0 Å². The number of nitrogens with zero attached hydrogens (tertiary/aromatic N) is 1. The van der Waals surface area contributed by atoms with Crippen LogP contribution in [-0.4, -0.2) is 4.57 Å². The quantitative estimate of drug-likeness (QED) is 0.290. The minimum Gasteiger partial charge on any atom is -0.489 e. The Bertz CT molecular complexity index is 1310. The summed E-state index contributed by atoms with van der Waals surface area (Å²) in [5.41, 5.74) is 5.54. The van der Waals surface area contributed by atoms with E-state index < -0.39 is 0 Å². The molecule has 0 saturated carbocycles. The van der Waals surface area contributed by atoms with Crippen LogP contribution in [0.25, 0.3) is 22.2 Å². The van der Waals surface area contributed by atoms with Gasteiger partial charge in [0.2, 0.25) is 0 Å². The van der Waals surface area contributed by atoms with Gasteiger partial charge < -0.3 is 14.0 Å². The fourth-order valence-corrected chi connectivity index (χ4v) is 3.77. The van der Waals surface area contributed by atoms with Crippen molar-refractivity contribution in [1.29, 1.82) is 0 Å². The molecule has 32 heavy (non-hydrogen) atoms. The first-order valence-corrected chi connectivity index (χ1v) is 10.7. The molecule has 0 aliphatic rings. The molecule has 157 valence electrons. The van der Waals surface area contributed by atoms with Gasteiger partial charge in [-0.25, -0.2) is 0 Å². The lowest BCUT2D eigenvalue weighted by Gasteiger charge is -2.09. The molecular formula is C29H24NO2. The molecule has 0 atom stereocenters. The smallest absolute Gasteiger partial charge is 0.121 e. The van der Waals surface area contributed by atoms with Gasteiger partial charge in [0.05, 0.1) is 11.2 Å². The van der Waals surface area contributed by atoms with Crippen LogP contribution in [0.2, 0.25) is 0 Å². The largest absolute Gasteiger partial charge is 0.489 e. The van der Waals surface area contributed by atoms with Crippen molar-refractivity contribution in [2.45, 2.75) is 13.2 Å². The molecule has 3 nitrogen and oxygen atoms in total. The number of hydrogen-bond acceptors (Lipinski definition) is 2. The van der Waals surface area contributed by atoms with E-state index >= 15 is 0 Å². The number of hydrogen-bond donors (Lipinski definition) is 0. The Labute approximate surface area is 188 Å². The molecule has 0 N–H and O–H groups in total. The third-order valence-corrected chi connectivity index (χ3v) is 5.54. The van der Waals surface area contributed by atoms with Crippen molar-refractivity contribution in [3.8, 4) is 22.8 Å². The first kappa shape index (κ1) is 20.0. The minimum atomic E-state index is 0.553. The number of benzene rings is 4. The average Bonchev–Trinajstić information content (AvgIpc) is 3.19. The SMILES string of the molecule is Cn1c(-c2ccc(OCc3ccccc3)cc2)[c]c2ccc(OCc3ccccc3)cc21. The molecular weight excluding hydrogens is 394 g/mol. The Hall–Kier alpha value is -3.98. The summed E-state index contributed by atoms with van der Waals surface area (Å²) in [5.74, 6) is 1.71. The lowest BCUT2D eigenvalue weighted by Crippen LogP contribution is -1.96. The van der Waals surface area contributed by atoms with Gasteiger partial charge in [-0.15, -0.1) is 0 Å². The molecule has 1 heterocycles. The Morgan fingerprint density at radius 1 is 0.656 bits per heavy atom. The molecule has 0 bridgehead atoms. The molecule has 0 aliphatic heterocycles. The van der Waals surface area contributed by atoms with E-state index in [4.69, 9.17) is 9.47 Å². The first-order chi connectivity index (χ1) is 15.8. The standard InChI is InChI=1S/C29H24NO2/c1-30-28(24-12-15-26(16-13-24)31-20-22-8-4-2-5-9-22)18-25-14-17-27(19-29(25)30)32-21-23-10-6-3-7-11-23/h2-17,19H,20-21H2,1H3. The molecule has 5 rings (SSSR count). The van der Waals surface area contributed by atoms with Gasteiger partial charge in [-0.3, -0.25) is 0 Å². The number of aryl methyl sites for hydroxylation is 1. The fraction of sp³-hybridized carbons (Fsp3) is 0.103. The van der Waals surface area contributed by atoms with Crippen molar-refractivity contribution >= 4 is 10.9 Å². The highest BCUT2D eigenvalue weighted by Crippen LogP contribution is 2.30. The van der Waals surface area contributed by atoms with Gasteiger partial charge in [-0.05, 0) is 53.1 Å². The van der Waals surface area contributed by atoms with Gasteiger partial charge in [0.15, 0.2) is 0 Å². The van der Waals surface area contributed by atoms with Crippen LogP contribution in [-0.2, 0) is 20.3 Å². The molecule has 1 aromatic heterocycles. The van der Waals surface area contributed by atoms with Gasteiger partial charge in [-0.2, -0.15) is 0 Å². The third kappa shape index (κ3) is 4.37. The molecule has 0 saturated heterocycles. The maximum absolute atomic E-state index is 6.01. The van der Waals surface area contributed by atoms with E-state index in [2.05, 4.69) is 66.2 Å². The number of rotatable bonds is 7. The Kier molecular flexibility index (Phi) is 5.63. The molecule has 0 aliphatic carbocycles. The lowest BCUT2D eigenvalue weighted by atomic mass is 10.1. The topological polar surface area (TPSA) is 23.4 Å². The summed E-state index contributed by atoms with van der Waals surface area (Å²) in [4.78, 5) is 0. The average molecular weight is 419 g/mol. The van der Waals surface area contributed by atoms with Crippen molar-refractivity contribution in [1.82, 2.24) is 4.57 Å². The third-order valence-electron chi connectivity index (χ3n) is 5.54. The van der Waals surface area contributed by atoms with Crippen LogP contribution in [0.15, 0.2) is 103 Å². The Morgan fingerprint density at radius 2 is 1.22 bits per heavy atom. The zero-order chi connectivity index (χ0) is 21.8. The predicted molar refractivity (Wildman–Crippen MR) is 129 cm³/mol. The van der Waals surface area contributed by atoms with E-state index in [1.807, 2.05) is 54.6 Å². The highest BCUT2D eigenvalue weighted by molar-refractivity contribution is 5.87. The van der Waals surface area contributed by atoms with Crippen molar-refractivity contribution in [3.63, 3.8) is 0 Å². The van der Waals surface area contributed by atoms with Crippen molar-refractivity contribution < 1.29 is 9.47 Å². The lowest BCUT2D eigenvalue weighted by molar-refractivity contribution is 0.306. The number of ether oxygens (including phenoxy) is 2. The molecule has 0 amide bonds. The van der Waals surface area contributed by atoms with Gasteiger partial charge in [0, 0.05) is 24.6 Å². The summed E-state index contributed by atoms with van der Waals surface area (Å²) in [6.45, 7) is 1.11. The monoisotopic (exact) mass is 418 g/mol. The fourth-order valence-electron chi connectivity index (χ4n) is 3.77. The van der Waals surface area contributed by atoms with E-state index in [1.54, 1.807) is 0 Å². The predicted octanol–water partition coefficient (Wildman–Crippen LogP) is 6.80. The van der Waals surface area contributed by atoms with E-state index in [0.29, 0.717) is 13.2 Å². The van der Waals surface area contributed by atoms with Crippen LogP contribution in [0.4, 0.5) is 0 Å². The van der Waals surface area contributed by atoms with Gasteiger partial charge >= 0.3 is 0 Å². The molecule has 4 aromatic carbocycles. The maximum Gasteiger partial charge on any atom is 0.121 e. The maximum atomic E-state index is 6.01. The zero-order valence-electron chi connectivity index (χ0n) is 18.0. The second-order valence-electron chi connectivity index (χ2n) is 7.78. The van der Waals surface area contributed by atoms with Crippen LogP contribution < -0.4 is 9.47 Å². The van der Waals surface area contributed by atoms with Crippen molar-refractivity contribution in [2.24, 2.45) is 7.05 Å². The zero-order valence-corrected chi connectivity index (χ0v) is 18.0. The summed E-state index contributed by atoms with van der Waals surface area (Å²) in [6.07, 6.45) is 0. The van der Waals surface area contributed by atoms with E-state index in [-0.39, 0.29) is 0 Å². The second kappa shape index (κ2) is 9.03. The summed E-state index contributed by atoms with van der Waals surface area (Å²) >= 11 is 0. The summed E-state index contributed by atoms with van der Waals surface area (Å²) in [7, 11) is 2.06. The van der Waals surface area contributed by atoms with Crippen LogP contribution in [0.3, 0.4) is 0 Å². The number of fused-ring (bicyclic) bond motifs is 1. The van der Waals surface area contributed by atoms with Gasteiger partial charge in [0.1, 0.15) is 24.7 Å². The Morgan fingerprint density at radius 3 is 1.84 bits per heavy atom. The van der Waals surface area contributed by atoms with Gasteiger partial charge in [-0.1, -0.05) is 60.7 Å². The van der Waals surface area contributed by atoms with Crippen LogP contribution in [0.5, 0.6) is 11.5 Å². The highest BCUT2D eigenvalue weighted by atomic mass is 16.5. The summed E-state index contributed by atoms with van der Waals surface area (Å²) in [6, 6.07) is 38.3. The number of aromatic nitrogens is 1. The van der Waals surface area contributed by atoms with E-state index in [1.165, 1.54) is 0 Å². The van der Waals surface area contributed by atoms with Gasteiger partial charge in [0.25, 0.3) is 0 Å². The molecule has 3 heteroatoms. The van der Waals surface area contributed by atoms with E-state index in [0.717, 1.165) is 44.8 Å². The highest BCUT2D eigenvalue weighted by Gasteiger charge is 2.10. The summed E-state index contributed by atoms with van der Waals surface area (Å²) in [5, 5.41) is 1.07. The molecule has 0 spiro atoms. The summed E-state index contributed by atoms with van der Waals surface area (Å²) < 4.78 is 14.1. The first-order valence-electron chi connectivity index (χ1n) is 10.7. The molecule has 0 fully saturated rings. The molecule has 0 unspecified atom stereocenters. The minimum absolute atomic E-state index is 0.553. The second-order valence-corrected chi connectivity index (χ2v) is 7.78. The van der Waals surface area contributed by atoms with Crippen LogP contribution in [0.1, 0.15) is 11.1 Å². The van der Waals surface area contributed by atoms with E-state index in [9.17, 15) is 0 Å². The molecule has 5 aromatic rings. The van der Waals surface area contributed by atoms with Crippen molar-refractivity contribution in [2.75, 3.05) is 0 Å². The van der Waals surface area contributed by atoms with Crippen LogP contribution in [0, 0.1) is 6.07 Å². The Balaban J connectivity index is 1.32. The normalized spacial score (nSPS) is 10.9.